The summed E-state index contributed by atoms with van der Waals surface area (Å²) in [6.07, 6.45) is 0.335. The van der Waals surface area contributed by atoms with Crippen molar-refractivity contribution in [3.8, 4) is 6.07 Å². The van der Waals surface area contributed by atoms with Crippen molar-refractivity contribution in [3.63, 3.8) is 0 Å². The van der Waals surface area contributed by atoms with E-state index in [-0.39, 0.29) is 18.4 Å². The lowest BCUT2D eigenvalue weighted by Gasteiger charge is -2.06. The topological polar surface area (TPSA) is 49.8 Å². The van der Waals surface area contributed by atoms with E-state index in [2.05, 4.69) is 0 Å². The molecule has 13 heavy (non-hydrogen) atoms. The van der Waals surface area contributed by atoms with E-state index in [1.54, 1.807) is 12.1 Å². The van der Waals surface area contributed by atoms with E-state index in [9.17, 15) is 0 Å². The first kappa shape index (κ1) is 12.2. The van der Waals surface area contributed by atoms with Crippen LogP contribution < -0.4 is 5.73 Å². The largest absolute Gasteiger partial charge is 0.323 e. The van der Waals surface area contributed by atoms with Gasteiger partial charge in [0.15, 0.2) is 0 Å². The normalized spacial score (nSPS) is 11.2. The molecule has 0 fully saturated rings. The number of halogens is 2. The second-order valence-corrected chi connectivity index (χ2v) is 2.96. The first-order chi connectivity index (χ1) is 5.74. The summed E-state index contributed by atoms with van der Waals surface area (Å²) < 4.78 is 0. The summed E-state index contributed by atoms with van der Waals surface area (Å²) in [4.78, 5) is 0. The number of rotatable bonds is 2. The van der Waals surface area contributed by atoms with Gasteiger partial charge >= 0.3 is 0 Å². The molecule has 0 radical (unpaired) electrons. The molecule has 0 aliphatic heterocycles. The van der Waals surface area contributed by atoms with Crippen LogP contribution in [-0.2, 0) is 0 Å². The molecule has 0 saturated heterocycles. The van der Waals surface area contributed by atoms with Crippen LogP contribution in [0.5, 0.6) is 0 Å². The third-order valence-corrected chi connectivity index (χ3v) is 1.86. The van der Waals surface area contributed by atoms with Crippen LogP contribution in [0, 0.1) is 11.3 Å². The van der Waals surface area contributed by atoms with Crippen LogP contribution in [0.25, 0.3) is 0 Å². The zero-order valence-corrected chi connectivity index (χ0v) is 8.48. The van der Waals surface area contributed by atoms with Gasteiger partial charge < -0.3 is 5.73 Å². The molecule has 0 aliphatic rings. The van der Waals surface area contributed by atoms with Crippen molar-refractivity contribution in [1.82, 2.24) is 0 Å². The number of nitrogens with zero attached hydrogens (tertiary/aromatic N) is 1. The molecule has 2 nitrogen and oxygen atoms in total. The number of hydrogen-bond donors (Lipinski definition) is 1. The summed E-state index contributed by atoms with van der Waals surface area (Å²) in [5.74, 6) is 0. The van der Waals surface area contributed by atoms with Crippen molar-refractivity contribution in [2.75, 3.05) is 0 Å². The van der Waals surface area contributed by atoms with Gasteiger partial charge in [0.1, 0.15) is 0 Å². The zero-order chi connectivity index (χ0) is 8.97. The molecule has 1 aromatic carbocycles. The van der Waals surface area contributed by atoms with Gasteiger partial charge in [-0.1, -0.05) is 23.7 Å². The second kappa shape index (κ2) is 5.82. The summed E-state index contributed by atoms with van der Waals surface area (Å²) >= 11 is 5.69. The highest BCUT2D eigenvalue weighted by Crippen LogP contribution is 2.16. The van der Waals surface area contributed by atoms with Crippen LogP contribution in [0.1, 0.15) is 18.0 Å². The first-order valence-electron chi connectivity index (χ1n) is 3.62. The second-order valence-electron chi connectivity index (χ2n) is 2.52. The van der Waals surface area contributed by atoms with E-state index in [1.165, 1.54) is 0 Å². The molecule has 1 aromatic rings. The van der Waals surface area contributed by atoms with Crippen LogP contribution in [0.15, 0.2) is 24.3 Å². The summed E-state index contributed by atoms with van der Waals surface area (Å²) in [5.41, 5.74) is 6.64. The van der Waals surface area contributed by atoms with E-state index in [1.807, 2.05) is 18.2 Å². The minimum atomic E-state index is -0.202. The van der Waals surface area contributed by atoms with E-state index >= 15 is 0 Å². The molecule has 0 spiro atoms. The third kappa shape index (κ3) is 3.65. The lowest BCUT2D eigenvalue weighted by Crippen LogP contribution is -2.08. The highest BCUT2D eigenvalue weighted by molar-refractivity contribution is 6.30. The van der Waals surface area contributed by atoms with Gasteiger partial charge in [0.05, 0.1) is 12.5 Å². The Kier molecular flexibility index (Phi) is 5.48. The van der Waals surface area contributed by atoms with E-state index in [4.69, 9.17) is 22.6 Å². The Morgan fingerprint density at radius 3 is 2.38 bits per heavy atom. The molecule has 1 atom stereocenters. The SMILES string of the molecule is Cl.N#CC[C@@H](N)c1ccc(Cl)cc1. The molecular weight excluding hydrogens is 207 g/mol. The van der Waals surface area contributed by atoms with Gasteiger partial charge in [0.2, 0.25) is 0 Å². The van der Waals surface area contributed by atoms with Crippen LogP contribution in [0.2, 0.25) is 5.02 Å². The molecule has 0 aliphatic carbocycles. The lowest BCUT2D eigenvalue weighted by atomic mass is 10.1. The molecule has 0 unspecified atom stereocenters. The minimum Gasteiger partial charge on any atom is -0.323 e. The minimum absolute atomic E-state index is 0. The average molecular weight is 217 g/mol. The maximum atomic E-state index is 8.40. The maximum Gasteiger partial charge on any atom is 0.0641 e. The smallest absolute Gasteiger partial charge is 0.0641 e. The lowest BCUT2D eigenvalue weighted by molar-refractivity contribution is 0.748. The number of hydrogen-bond acceptors (Lipinski definition) is 2. The van der Waals surface area contributed by atoms with Crippen LogP contribution in [-0.4, -0.2) is 0 Å². The van der Waals surface area contributed by atoms with Gasteiger partial charge in [0.25, 0.3) is 0 Å². The van der Waals surface area contributed by atoms with Gasteiger partial charge in [-0.3, -0.25) is 0 Å². The fraction of sp³-hybridized carbons (Fsp3) is 0.222. The predicted octanol–water partition coefficient (Wildman–Crippen LogP) is 2.68. The molecule has 1 rings (SSSR count). The maximum absolute atomic E-state index is 8.40. The van der Waals surface area contributed by atoms with Crippen LogP contribution >= 0.6 is 24.0 Å². The van der Waals surface area contributed by atoms with Crippen molar-refractivity contribution in [1.29, 1.82) is 5.26 Å². The van der Waals surface area contributed by atoms with Crippen LogP contribution in [0.3, 0.4) is 0 Å². The summed E-state index contributed by atoms with van der Waals surface area (Å²) in [6, 6.07) is 9.04. The average Bonchev–Trinajstić information content (AvgIpc) is 2.06. The summed E-state index contributed by atoms with van der Waals surface area (Å²) in [7, 11) is 0. The Hall–Kier alpha value is -0.750. The molecule has 0 heterocycles. The molecule has 0 aromatic heterocycles. The van der Waals surface area contributed by atoms with Gasteiger partial charge in [-0.25, -0.2) is 0 Å². The Labute approximate surface area is 88.7 Å². The van der Waals surface area contributed by atoms with Crippen molar-refractivity contribution in [2.45, 2.75) is 12.5 Å². The number of benzene rings is 1. The molecular formula is C9H10Cl2N2. The van der Waals surface area contributed by atoms with Gasteiger partial charge in [0, 0.05) is 11.1 Å². The van der Waals surface area contributed by atoms with Crippen molar-refractivity contribution >= 4 is 24.0 Å². The van der Waals surface area contributed by atoms with Gasteiger partial charge in [-0.2, -0.15) is 5.26 Å². The van der Waals surface area contributed by atoms with Gasteiger partial charge in [-0.15, -0.1) is 12.4 Å². The number of nitriles is 1. The quantitative estimate of drug-likeness (QED) is 0.827. The number of nitrogens with two attached hydrogens (primary N) is 1. The molecule has 2 N–H and O–H groups in total. The fourth-order valence-electron chi connectivity index (χ4n) is 0.926. The Bertz CT molecular complexity index is 289. The van der Waals surface area contributed by atoms with Crippen molar-refractivity contribution in [3.05, 3.63) is 34.9 Å². The fourth-order valence-corrected chi connectivity index (χ4v) is 1.05. The monoisotopic (exact) mass is 216 g/mol. The summed E-state index contributed by atoms with van der Waals surface area (Å²) in [5, 5.41) is 9.08. The predicted molar refractivity (Wildman–Crippen MR) is 55.9 cm³/mol. The van der Waals surface area contributed by atoms with Crippen molar-refractivity contribution in [2.24, 2.45) is 5.73 Å². The first-order valence-corrected chi connectivity index (χ1v) is 4.00. The van der Waals surface area contributed by atoms with Crippen LogP contribution in [0.4, 0.5) is 0 Å². The molecule has 0 saturated carbocycles. The Morgan fingerprint density at radius 1 is 1.38 bits per heavy atom. The molecule has 4 heteroatoms. The highest BCUT2D eigenvalue weighted by Gasteiger charge is 2.03. The highest BCUT2D eigenvalue weighted by atomic mass is 35.5. The Balaban J connectivity index is 0.00000144. The van der Waals surface area contributed by atoms with E-state index in [0.29, 0.717) is 11.4 Å². The third-order valence-electron chi connectivity index (χ3n) is 1.61. The zero-order valence-electron chi connectivity index (χ0n) is 6.90. The van der Waals surface area contributed by atoms with Gasteiger partial charge in [-0.05, 0) is 17.7 Å². The molecule has 70 valence electrons. The summed E-state index contributed by atoms with van der Waals surface area (Å²) in [6.45, 7) is 0. The Morgan fingerprint density at radius 2 is 1.92 bits per heavy atom. The van der Waals surface area contributed by atoms with E-state index < -0.39 is 0 Å². The van der Waals surface area contributed by atoms with Crippen molar-refractivity contribution < 1.29 is 0 Å². The standard InChI is InChI=1S/C9H9ClN2.ClH/c10-8-3-1-7(2-4-8)9(12)5-6-11;/h1-4,9H,5,12H2;1H/t9-;/m1./s1. The molecule has 0 bridgehead atoms. The van der Waals surface area contributed by atoms with E-state index in [0.717, 1.165) is 5.56 Å². The molecule has 0 amide bonds.